The summed E-state index contributed by atoms with van der Waals surface area (Å²) in [6.45, 7) is 4.57. The minimum atomic E-state index is -0.769. The second kappa shape index (κ2) is 12.3. The van der Waals surface area contributed by atoms with E-state index in [1.54, 1.807) is 30.6 Å². The van der Waals surface area contributed by atoms with Gasteiger partial charge in [-0.05, 0) is 63.0 Å². The number of ketones is 1. The summed E-state index contributed by atoms with van der Waals surface area (Å²) in [5.74, 6) is -1.69. The first kappa shape index (κ1) is 27.4. The van der Waals surface area contributed by atoms with E-state index in [-0.39, 0.29) is 36.4 Å². The van der Waals surface area contributed by atoms with Crippen LogP contribution in [-0.2, 0) is 28.6 Å². The maximum Gasteiger partial charge on any atom is 0.347 e. The summed E-state index contributed by atoms with van der Waals surface area (Å²) in [6, 6.07) is 9.18. The molecule has 2 aromatic heterocycles. The van der Waals surface area contributed by atoms with Crippen LogP contribution in [0.1, 0.15) is 18.1 Å². The average molecular weight is 534 g/mol. The fourth-order valence-corrected chi connectivity index (χ4v) is 3.86. The van der Waals surface area contributed by atoms with Gasteiger partial charge in [-0.15, -0.1) is 0 Å². The van der Waals surface area contributed by atoms with E-state index in [4.69, 9.17) is 14.2 Å². The van der Waals surface area contributed by atoms with Crippen molar-refractivity contribution in [3.05, 3.63) is 71.1 Å². The molecule has 3 heterocycles. The zero-order valence-electron chi connectivity index (χ0n) is 22.3. The molecule has 11 nitrogen and oxygen atoms in total. The molecule has 1 aliphatic rings. The lowest BCUT2D eigenvalue weighted by Crippen LogP contribution is -2.23. The Morgan fingerprint density at radius 3 is 2.74 bits per heavy atom. The molecular weight excluding hydrogens is 502 g/mol. The highest BCUT2D eigenvalue weighted by Gasteiger charge is 2.37. The molecule has 0 aliphatic carbocycles. The van der Waals surface area contributed by atoms with Crippen molar-refractivity contribution in [2.75, 3.05) is 51.0 Å². The predicted molar refractivity (Wildman–Crippen MR) is 147 cm³/mol. The largest absolute Gasteiger partial charge is 0.464 e. The molecule has 1 aromatic carbocycles. The number of fused-ring (bicyclic) bond motifs is 1. The molecule has 3 aromatic rings. The van der Waals surface area contributed by atoms with E-state index in [0.717, 1.165) is 16.6 Å². The van der Waals surface area contributed by atoms with Crippen LogP contribution < -0.4 is 10.6 Å². The Morgan fingerprint density at radius 2 is 2.00 bits per heavy atom. The second-order valence-electron chi connectivity index (χ2n) is 9.15. The fourth-order valence-electron chi connectivity index (χ4n) is 3.86. The number of aryl methyl sites for hydroxylation is 1. The molecule has 0 atom stereocenters. The number of nitrogens with one attached hydrogen (secondary N) is 3. The van der Waals surface area contributed by atoms with Gasteiger partial charge in [0.15, 0.2) is 11.3 Å². The SMILES string of the molecule is CC(=O)OCCNc1ccc(NC2=C(C(=O)OCCN(C)C)C(=O)C(=Cc3c[nH]c4ncccc34)O2)c(C)c1. The number of carbonyl (C=O) groups excluding carboxylic acids is 3. The van der Waals surface area contributed by atoms with Crippen LogP contribution >= 0.6 is 0 Å². The Bertz CT molecular complexity index is 1460. The van der Waals surface area contributed by atoms with E-state index in [0.29, 0.717) is 30.0 Å². The smallest absolute Gasteiger partial charge is 0.347 e. The van der Waals surface area contributed by atoms with Gasteiger partial charge in [-0.25, -0.2) is 9.78 Å². The van der Waals surface area contributed by atoms with Gasteiger partial charge in [0.05, 0.1) is 0 Å². The number of esters is 2. The number of likely N-dealkylation sites (N-methyl/N-ethyl adjacent to an activating group) is 1. The van der Waals surface area contributed by atoms with Crippen molar-refractivity contribution in [2.45, 2.75) is 13.8 Å². The van der Waals surface area contributed by atoms with Crippen LogP contribution in [0.15, 0.2) is 59.9 Å². The highest BCUT2D eigenvalue weighted by atomic mass is 16.5. The standard InChI is InChI=1S/C28H31N5O6/c1-17-14-20(29-10-12-37-18(2)34)7-8-22(17)32-27-24(28(36)38-13-11-33(3)4)25(35)23(39-27)15-19-16-31-26-21(19)6-5-9-30-26/h5-9,14-16,29,32H,10-13H2,1-4H3,(H,30,31). The number of H-pyrrole nitrogens is 1. The Morgan fingerprint density at radius 1 is 1.18 bits per heavy atom. The van der Waals surface area contributed by atoms with Crippen molar-refractivity contribution in [2.24, 2.45) is 0 Å². The third-order valence-corrected chi connectivity index (χ3v) is 5.85. The van der Waals surface area contributed by atoms with E-state index >= 15 is 0 Å². The van der Waals surface area contributed by atoms with E-state index in [9.17, 15) is 14.4 Å². The van der Waals surface area contributed by atoms with Crippen LogP contribution in [0.25, 0.3) is 17.1 Å². The lowest BCUT2D eigenvalue weighted by Gasteiger charge is -2.14. The van der Waals surface area contributed by atoms with E-state index in [1.165, 1.54) is 6.92 Å². The highest BCUT2D eigenvalue weighted by Crippen LogP contribution is 2.31. The summed E-state index contributed by atoms with van der Waals surface area (Å²) in [6.07, 6.45) is 4.97. The molecule has 0 unspecified atom stereocenters. The Kier molecular flexibility index (Phi) is 8.62. The summed E-state index contributed by atoms with van der Waals surface area (Å²) in [5, 5.41) is 7.08. The van der Waals surface area contributed by atoms with E-state index < -0.39 is 11.8 Å². The summed E-state index contributed by atoms with van der Waals surface area (Å²) in [7, 11) is 3.72. The van der Waals surface area contributed by atoms with Gasteiger partial charge in [-0.1, -0.05) is 0 Å². The summed E-state index contributed by atoms with van der Waals surface area (Å²) < 4.78 is 16.2. The van der Waals surface area contributed by atoms with E-state index in [2.05, 4.69) is 20.6 Å². The van der Waals surface area contributed by atoms with Crippen molar-refractivity contribution in [1.29, 1.82) is 0 Å². The molecule has 39 heavy (non-hydrogen) atoms. The van der Waals surface area contributed by atoms with Gasteiger partial charge < -0.3 is 34.7 Å². The number of rotatable bonds is 11. The fraction of sp³-hybridized carbons (Fsp3) is 0.286. The average Bonchev–Trinajstić information content (AvgIpc) is 3.43. The molecule has 0 fully saturated rings. The topological polar surface area (TPSA) is 135 Å². The number of carbonyl (C=O) groups is 3. The molecule has 11 heteroatoms. The number of allylic oxidation sites excluding steroid dienone is 1. The summed E-state index contributed by atoms with van der Waals surface area (Å²) in [4.78, 5) is 46.5. The Labute approximate surface area is 225 Å². The normalized spacial score (nSPS) is 14.2. The van der Waals surface area contributed by atoms with Gasteiger partial charge in [0.1, 0.15) is 18.9 Å². The number of benzene rings is 1. The van der Waals surface area contributed by atoms with Crippen molar-refractivity contribution in [1.82, 2.24) is 14.9 Å². The zero-order chi connectivity index (χ0) is 27.9. The van der Waals surface area contributed by atoms with Crippen molar-refractivity contribution in [3.8, 4) is 0 Å². The lowest BCUT2D eigenvalue weighted by molar-refractivity contribution is -0.141. The van der Waals surface area contributed by atoms with Gasteiger partial charge in [0.2, 0.25) is 11.7 Å². The summed E-state index contributed by atoms with van der Waals surface area (Å²) in [5.41, 5.74) is 3.45. The first-order valence-corrected chi connectivity index (χ1v) is 12.4. The van der Waals surface area contributed by atoms with Gasteiger partial charge in [0, 0.05) is 54.7 Å². The number of hydrogen-bond donors (Lipinski definition) is 3. The molecular formula is C28H31N5O6. The predicted octanol–water partition coefficient (Wildman–Crippen LogP) is 3.22. The Hall–Kier alpha value is -4.64. The quantitative estimate of drug-likeness (QED) is 0.146. The van der Waals surface area contributed by atoms with Crippen molar-refractivity contribution < 1.29 is 28.6 Å². The molecule has 0 spiro atoms. The molecule has 1 aliphatic heterocycles. The molecule has 3 N–H and O–H groups in total. The third kappa shape index (κ3) is 6.82. The van der Waals surface area contributed by atoms with Crippen LogP contribution in [0.5, 0.6) is 0 Å². The van der Waals surface area contributed by atoms with Crippen LogP contribution in [0.3, 0.4) is 0 Å². The number of pyridine rings is 1. The van der Waals surface area contributed by atoms with Gasteiger partial charge in [-0.2, -0.15) is 0 Å². The van der Waals surface area contributed by atoms with Crippen LogP contribution in [0.4, 0.5) is 11.4 Å². The van der Waals surface area contributed by atoms with E-state index in [1.807, 2.05) is 44.1 Å². The van der Waals surface area contributed by atoms with Gasteiger partial charge >= 0.3 is 11.9 Å². The number of ether oxygens (including phenoxy) is 3. The van der Waals surface area contributed by atoms with Crippen LogP contribution in [-0.4, -0.2) is 73.0 Å². The molecule has 4 rings (SSSR count). The molecule has 204 valence electrons. The maximum atomic E-state index is 13.4. The highest BCUT2D eigenvalue weighted by molar-refractivity contribution is 6.26. The van der Waals surface area contributed by atoms with Crippen LogP contribution in [0, 0.1) is 6.92 Å². The zero-order valence-corrected chi connectivity index (χ0v) is 22.3. The van der Waals surface area contributed by atoms with Crippen molar-refractivity contribution >= 4 is 46.2 Å². The van der Waals surface area contributed by atoms with Crippen molar-refractivity contribution in [3.63, 3.8) is 0 Å². The third-order valence-electron chi connectivity index (χ3n) is 5.85. The van der Waals surface area contributed by atoms with Gasteiger partial charge in [-0.3, -0.25) is 9.59 Å². The maximum absolute atomic E-state index is 13.4. The lowest BCUT2D eigenvalue weighted by atomic mass is 10.1. The monoisotopic (exact) mass is 533 g/mol. The minimum Gasteiger partial charge on any atom is -0.464 e. The first-order chi connectivity index (χ1) is 18.7. The first-order valence-electron chi connectivity index (χ1n) is 12.4. The molecule has 0 saturated carbocycles. The second-order valence-corrected chi connectivity index (χ2v) is 9.15. The number of nitrogens with zero attached hydrogens (tertiary/aromatic N) is 2. The summed E-state index contributed by atoms with van der Waals surface area (Å²) >= 11 is 0. The molecule has 0 amide bonds. The van der Waals surface area contributed by atoms with Crippen LogP contribution in [0.2, 0.25) is 0 Å². The molecule has 0 saturated heterocycles. The van der Waals surface area contributed by atoms with Gasteiger partial charge in [0.25, 0.3) is 0 Å². The molecule has 0 bridgehead atoms. The molecule has 0 radical (unpaired) electrons. The number of hydrogen-bond acceptors (Lipinski definition) is 10. The number of aromatic amines is 1. The number of anilines is 2. The Balaban J connectivity index is 1.57. The minimum absolute atomic E-state index is 0.00210. The number of aromatic nitrogens is 2. The number of Topliss-reactive ketones (excluding diaryl/α,β-unsaturated/α-hetero) is 1.